The van der Waals surface area contributed by atoms with E-state index >= 15 is 0 Å². The van der Waals surface area contributed by atoms with Crippen LogP contribution in [0, 0.1) is 23.5 Å². The van der Waals surface area contributed by atoms with Crippen LogP contribution in [0.15, 0.2) is 132 Å². The molecule has 0 N–H and O–H groups in total. The first-order valence-electron chi connectivity index (χ1n) is 19.9. The summed E-state index contributed by atoms with van der Waals surface area (Å²) in [6, 6.07) is 49.7. The normalized spacial score (nSPS) is 12.2. The number of fused-ring (bicyclic) bond motifs is 6. The van der Waals surface area contributed by atoms with Crippen molar-refractivity contribution in [1.29, 1.82) is 5.26 Å². The van der Waals surface area contributed by atoms with E-state index in [4.69, 9.17) is 10.8 Å². The Kier molecular flexibility index (Phi) is 11.0. The molecule has 0 spiro atoms. The van der Waals surface area contributed by atoms with Gasteiger partial charge in [0.1, 0.15) is 5.58 Å². The van der Waals surface area contributed by atoms with Gasteiger partial charge in [0.15, 0.2) is 0 Å². The van der Waals surface area contributed by atoms with E-state index in [1.54, 1.807) is 6.07 Å². The van der Waals surface area contributed by atoms with Crippen LogP contribution in [0.1, 0.15) is 58.6 Å². The fourth-order valence-corrected chi connectivity index (χ4v) is 10.9. The zero-order chi connectivity index (χ0) is 41.0. The SMILES string of the molecule is CC(C)(C)c1ccc(-n2c(-c3[c-]cc(C#N)c4c3oc3ccccc34)nc3c4ccccc4ccc32)cc1.[2H]C(C)(C)c1cc(-c2[c-]cccc2)nc[c]1[Ge]([CH3])([CH3])[CH3].[Ir]. The Morgan fingerprint density at radius 2 is 1.57 bits per heavy atom. The minimum Gasteiger partial charge on any atom is 0 e. The molecule has 3 heterocycles. The molecule has 5 nitrogen and oxygen atoms in total. The molecule has 0 amide bonds. The summed E-state index contributed by atoms with van der Waals surface area (Å²) in [5.74, 6) is 7.18. The Balaban J connectivity index is 0.000000214. The summed E-state index contributed by atoms with van der Waals surface area (Å²) in [5, 5.41) is 13.8. The maximum absolute atomic E-state index is 9.90. The van der Waals surface area contributed by atoms with Gasteiger partial charge in [-0.3, -0.25) is 4.98 Å². The second-order valence-corrected chi connectivity index (χ2v) is 27.4. The van der Waals surface area contributed by atoms with Crippen molar-refractivity contribution >= 4 is 61.4 Å². The molecule has 6 aromatic carbocycles. The smallest absolute Gasteiger partial charge is 0 e. The van der Waals surface area contributed by atoms with E-state index in [1.807, 2.05) is 80.7 Å². The number of furan rings is 1. The van der Waals surface area contributed by atoms with E-state index < -0.39 is 19.2 Å². The van der Waals surface area contributed by atoms with Crippen LogP contribution in [0.25, 0.3) is 72.1 Å². The maximum Gasteiger partial charge on any atom is 0 e. The van der Waals surface area contributed by atoms with Crippen molar-refractivity contribution in [3.8, 4) is 34.4 Å². The quantitative estimate of drug-likeness (QED) is 0.127. The van der Waals surface area contributed by atoms with Crippen LogP contribution in [0.5, 0.6) is 0 Å². The first-order chi connectivity index (χ1) is 27.6. The third-order valence-corrected chi connectivity index (χ3v) is 14.8. The van der Waals surface area contributed by atoms with Crippen molar-refractivity contribution in [3.05, 3.63) is 156 Å². The zero-order valence-corrected chi connectivity index (χ0v) is 38.6. The Labute approximate surface area is 358 Å². The molecule has 0 saturated carbocycles. The Morgan fingerprint density at radius 1 is 0.862 bits per heavy atom. The molecule has 1 radical (unpaired) electrons. The average molecular weight is 997 g/mol. The molecule has 0 atom stereocenters. The molecule has 9 aromatic rings. The summed E-state index contributed by atoms with van der Waals surface area (Å²) >= 11 is -2.03. The van der Waals surface area contributed by atoms with Crippen LogP contribution in [-0.4, -0.2) is 27.8 Å². The molecule has 7 heteroatoms. The van der Waals surface area contributed by atoms with E-state index in [1.165, 1.54) is 9.96 Å². The molecule has 9 rings (SSSR count). The van der Waals surface area contributed by atoms with Crippen molar-refractivity contribution < 1.29 is 25.9 Å². The van der Waals surface area contributed by atoms with E-state index in [-0.39, 0.29) is 25.5 Å². The summed E-state index contributed by atoms with van der Waals surface area (Å²) in [6.45, 7) is 10.6. The summed E-state index contributed by atoms with van der Waals surface area (Å²) in [7, 11) is 0. The first kappa shape index (κ1) is 39.5. The average Bonchev–Trinajstić information content (AvgIpc) is 3.80. The molecule has 0 saturated heterocycles. The topological polar surface area (TPSA) is 67.6 Å². The van der Waals surface area contributed by atoms with Gasteiger partial charge in [-0.05, 0) is 51.6 Å². The van der Waals surface area contributed by atoms with Crippen molar-refractivity contribution in [3.63, 3.8) is 0 Å². The number of nitrogens with zero attached hydrogens (tertiary/aromatic N) is 4. The molecule has 3 aromatic heterocycles. The third-order valence-electron chi connectivity index (χ3n) is 10.6. The molecule has 58 heavy (non-hydrogen) atoms. The fraction of sp³-hybridized carbons (Fsp3) is 0.196. The predicted molar refractivity (Wildman–Crippen MR) is 239 cm³/mol. The summed E-state index contributed by atoms with van der Waals surface area (Å²) in [6.07, 6.45) is 2.00. The molecular formula is C51H46GeIrN4O-2. The number of aromatic nitrogens is 3. The van der Waals surface area contributed by atoms with E-state index in [0.29, 0.717) is 11.1 Å². The number of para-hydroxylation sites is 1. The minimum atomic E-state index is -2.03. The van der Waals surface area contributed by atoms with Gasteiger partial charge in [-0.25, -0.2) is 5.26 Å². The summed E-state index contributed by atoms with van der Waals surface area (Å²) < 4.78 is 18.3. The number of pyridine rings is 1. The van der Waals surface area contributed by atoms with Crippen molar-refractivity contribution in [2.24, 2.45) is 0 Å². The summed E-state index contributed by atoms with van der Waals surface area (Å²) in [4.78, 5) is 9.85. The van der Waals surface area contributed by atoms with Gasteiger partial charge in [0, 0.05) is 42.6 Å². The van der Waals surface area contributed by atoms with Crippen LogP contribution >= 0.6 is 0 Å². The van der Waals surface area contributed by atoms with Gasteiger partial charge in [-0.15, -0.1) is 12.1 Å². The number of hydrogen-bond acceptors (Lipinski definition) is 4. The van der Waals surface area contributed by atoms with E-state index in [0.717, 1.165) is 72.1 Å². The number of benzene rings is 6. The van der Waals surface area contributed by atoms with Gasteiger partial charge in [0.25, 0.3) is 0 Å². The fourth-order valence-electron chi connectivity index (χ4n) is 7.54. The first-order valence-corrected chi connectivity index (χ1v) is 26.7. The second kappa shape index (κ2) is 16.1. The predicted octanol–water partition coefficient (Wildman–Crippen LogP) is 12.9. The van der Waals surface area contributed by atoms with Crippen molar-refractivity contribution in [2.45, 2.75) is 63.2 Å². The molecule has 0 fully saturated rings. The Bertz CT molecular complexity index is 3020. The van der Waals surface area contributed by atoms with Gasteiger partial charge in [-0.2, -0.15) is 0 Å². The van der Waals surface area contributed by atoms with E-state index in [9.17, 15) is 5.26 Å². The van der Waals surface area contributed by atoms with Gasteiger partial charge in [-0.1, -0.05) is 87.0 Å². The largest absolute Gasteiger partial charge is 0 e. The third kappa shape index (κ3) is 7.67. The Morgan fingerprint density at radius 3 is 2.24 bits per heavy atom. The van der Waals surface area contributed by atoms with E-state index in [2.05, 4.69) is 120 Å². The van der Waals surface area contributed by atoms with Crippen LogP contribution in [-0.2, 0) is 25.5 Å². The van der Waals surface area contributed by atoms with Crippen molar-refractivity contribution in [2.75, 3.05) is 0 Å². The molecule has 0 aliphatic rings. The summed E-state index contributed by atoms with van der Waals surface area (Å²) in [5.41, 5.74) is 9.90. The monoisotopic (exact) mass is 998 g/mol. The van der Waals surface area contributed by atoms with Gasteiger partial charge in [0.2, 0.25) is 0 Å². The van der Waals surface area contributed by atoms with Gasteiger partial charge in [0.05, 0.1) is 22.4 Å². The van der Waals surface area contributed by atoms with Crippen molar-refractivity contribution in [1.82, 2.24) is 14.5 Å². The number of imidazole rings is 1. The van der Waals surface area contributed by atoms with Gasteiger partial charge >= 0.3 is 120 Å². The molecule has 0 unspecified atom stereocenters. The van der Waals surface area contributed by atoms with Crippen LogP contribution in [0.3, 0.4) is 0 Å². The molecule has 291 valence electrons. The minimum absolute atomic E-state index is 0. The number of hydrogen-bond donors (Lipinski definition) is 0. The van der Waals surface area contributed by atoms with Crippen LogP contribution in [0.4, 0.5) is 0 Å². The molecular weight excluding hydrogens is 949 g/mol. The molecule has 0 aliphatic heterocycles. The second-order valence-electron chi connectivity index (χ2n) is 16.9. The van der Waals surface area contributed by atoms with Gasteiger partial charge < -0.3 is 8.98 Å². The number of nitriles is 1. The standard InChI is InChI=1S/C34H24N3O.C17H22GeN.Ir/c1-34(2,3)23-14-16-24(17-15-23)37-28-19-13-21-8-4-5-9-25(21)31(28)36-33(37)27-18-12-22(20-35)30-26-10-6-7-11-29(26)38-32(27)30;1-13(2)15-11-17(14-9-7-6-8-10-14)19-12-16(15)18(3,4)5;/h4-17,19H,1-3H3;6-9,11-13H,1-5H3;/q2*-1;/i;13D;. The maximum atomic E-state index is 9.90. The zero-order valence-electron chi connectivity index (χ0n) is 35.2. The van der Waals surface area contributed by atoms with Crippen LogP contribution in [0.2, 0.25) is 17.3 Å². The molecule has 0 aliphatic carbocycles. The molecule has 0 bridgehead atoms. The number of rotatable bonds is 5. The Hall–Kier alpha value is -5.32. The van der Waals surface area contributed by atoms with Crippen LogP contribution < -0.4 is 4.40 Å².